The van der Waals surface area contributed by atoms with Gasteiger partial charge in [0.05, 0.1) is 5.54 Å². The number of nitrogens with two attached hydrogens (primary N) is 1. The van der Waals surface area contributed by atoms with E-state index in [1.165, 1.54) is 25.7 Å². The number of anilines is 1. The summed E-state index contributed by atoms with van der Waals surface area (Å²) in [5.41, 5.74) is 7.36. The molecule has 0 heterocycles. The highest BCUT2D eigenvalue weighted by Crippen LogP contribution is 2.37. The highest BCUT2D eigenvalue weighted by molar-refractivity contribution is 5.49. The molecule has 3 heteroatoms. The molecule has 0 spiro atoms. The number of hydrogen-bond donors (Lipinski definition) is 1. The number of likely N-dealkylation sites (N-methyl/N-ethyl adjacent to an activating group) is 1. The summed E-state index contributed by atoms with van der Waals surface area (Å²) in [6, 6.07) is 6.87. The fraction of sp³-hybridized carbons (Fsp3) is 0.667. The molecule has 0 radical (unpaired) electrons. The van der Waals surface area contributed by atoms with Gasteiger partial charge in [-0.25, -0.2) is 4.39 Å². The number of rotatable bonds is 5. The van der Waals surface area contributed by atoms with Crippen molar-refractivity contribution < 1.29 is 4.39 Å². The summed E-state index contributed by atoms with van der Waals surface area (Å²) in [6.45, 7) is 6.05. The summed E-state index contributed by atoms with van der Waals surface area (Å²) in [4.78, 5) is 2.41. The van der Waals surface area contributed by atoms with E-state index < -0.39 is 0 Å². The maximum atomic E-state index is 13.2. The standard InChI is InChI=1S/C18H29FN2/c1-3-15-6-5-12-18(14-20,13-11-15)21(4-2)17-9-7-16(19)8-10-17/h7-10,15H,3-6,11-14,20H2,1-2H3. The number of benzene rings is 1. The maximum absolute atomic E-state index is 13.2. The molecule has 1 aliphatic rings. The van der Waals surface area contributed by atoms with E-state index in [0.29, 0.717) is 6.54 Å². The first kappa shape index (κ1) is 16.3. The molecule has 21 heavy (non-hydrogen) atoms. The zero-order valence-corrected chi connectivity index (χ0v) is 13.4. The minimum atomic E-state index is -0.177. The molecule has 1 aromatic carbocycles. The van der Waals surface area contributed by atoms with Crippen molar-refractivity contribution in [1.29, 1.82) is 0 Å². The van der Waals surface area contributed by atoms with Crippen LogP contribution in [0.1, 0.15) is 52.4 Å². The van der Waals surface area contributed by atoms with Gasteiger partial charge in [0.25, 0.3) is 0 Å². The molecule has 0 amide bonds. The summed E-state index contributed by atoms with van der Waals surface area (Å²) in [6.07, 6.45) is 7.37. The zero-order chi connectivity index (χ0) is 15.3. The Balaban J connectivity index is 2.25. The van der Waals surface area contributed by atoms with Crippen LogP contribution in [-0.4, -0.2) is 18.6 Å². The second-order valence-corrected chi connectivity index (χ2v) is 6.35. The van der Waals surface area contributed by atoms with Gasteiger partial charge >= 0.3 is 0 Å². The number of nitrogens with zero attached hydrogens (tertiary/aromatic N) is 1. The van der Waals surface area contributed by atoms with Crippen LogP contribution >= 0.6 is 0 Å². The molecule has 1 fully saturated rings. The Kier molecular flexibility index (Phi) is 5.63. The fourth-order valence-electron chi connectivity index (χ4n) is 3.87. The van der Waals surface area contributed by atoms with Crippen LogP contribution in [0.3, 0.4) is 0 Å². The lowest BCUT2D eigenvalue weighted by molar-refractivity contribution is 0.342. The summed E-state index contributed by atoms with van der Waals surface area (Å²) in [7, 11) is 0. The Morgan fingerprint density at radius 1 is 1.19 bits per heavy atom. The van der Waals surface area contributed by atoms with E-state index in [2.05, 4.69) is 18.7 Å². The average molecular weight is 292 g/mol. The van der Waals surface area contributed by atoms with Crippen molar-refractivity contribution in [3.05, 3.63) is 30.1 Å². The van der Waals surface area contributed by atoms with Crippen LogP contribution in [0.4, 0.5) is 10.1 Å². The van der Waals surface area contributed by atoms with E-state index in [1.807, 2.05) is 12.1 Å². The topological polar surface area (TPSA) is 29.3 Å². The average Bonchev–Trinajstić information content (AvgIpc) is 2.73. The van der Waals surface area contributed by atoms with Gasteiger partial charge in [0.15, 0.2) is 0 Å². The van der Waals surface area contributed by atoms with Crippen molar-refractivity contribution in [3.63, 3.8) is 0 Å². The van der Waals surface area contributed by atoms with Crippen LogP contribution in [-0.2, 0) is 0 Å². The predicted molar refractivity (Wildman–Crippen MR) is 88.1 cm³/mol. The van der Waals surface area contributed by atoms with Gasteiger partial charge < -0.3 is 10.6 Å². The van der Waals surface area contributed by atoms with E-state index in [0.717, 1.165) is 31.0 Å². The first-order chi connectivity index (χ1) is 10.1. The van der Waals surface area contributed by atoms with E-state index in [-0.39, 0.29) is 11.4 Å². The molecule has 1 saturated carbocycles. The predicted octanol–water partition coefficient (Wildman–Crippen LogP) is 4.34. The molecule has 2 N–H and O–H groups in total. The number of halogens is 1. The molecular formula is C18H29FN2. The van der Waals surface area contributed by atoms with Gasteiger partial charge in [-0.2, -0.15) is 0 Å². The van der Waals surface area contributed by atoms with Gasteiger partial charge in [0.1, 0.15) is 5.82 Å². The molecule has 2 nitrogen and oxygen atoms in total. The van der Waals surface area contributed by atoms with Crippen LogP contribution in [0.5, 0.6) is 0 Å². The van der Waals surface area contributed by atoms with Crippen LogP contribution in [0.15, 0.2) is 24.3 Å². The van der Waals surface area contributed by atoms with E-state index in [9.17, 15) is 4.39 Å². The normalized spacial score (nSPS) is 26.4. The molecule has 0 saturated heterocycles. The maximum Gasteiger partial charge on any atom is 0.123 e. The van der Waals surface area contributed by atoms with Crippen LogP contribution < -0.4 is 10.6 Å². The molecule has 2 unspecified atom stereocenters. The molecule has 0 bridgehead atoms. The van der Waals surface area contributed by atoms with E-state index in [1.54, 1.807) is 12.1 Å². The third-order valence-corrected chi connectivity index (χ3v) is 5.26. The summed E-state index contributed by atoms with van der Waals surface area (Å²) in [5, 5.41) is 0. The van der Waals surface area contributed by atoms with Gasteiger partial charge in [-0.1, -0.05) is 26.2 Å². The van der Waals surface area contributed by atoms with Crippen LogP contribution in [0.25, 0.3) is 0 Å². The quantitative estimate of drug-likeness (QED) is 0.818. The van der Waals surface area contributed by atoms with Crippen molar-refractivity contribution in [2.75, 3.05) is 18.0 Å². The molecule has 1 aliphatic carbocycles. The SMILES string of the molecule is CCC1CCCC(CN)(N(CC)c2ccc(F)cc2)CC1. The molecule has 1 aromatic rings. The monoisotopic (exact) mass is 292 g/mol. The summed E-state index contributed by atoms with van der Waals surface area (Å²) < 4.78 is 13.2. The molecule has 2 rings (SSSR count). The Hall–Kier alpha value is -1.09. The highest BCUT2D eigenvalue weighted by Gasteiger charge is 2.36. The minimum Gasteiger partial charge on any atom is -0.365 e. The third kappa shape index (κ3) is 3.57. The first-order valence-electron chi connectivity index (χ1n) is 8.38. The summed E-state index contributed by atoms with van der Waals surface area (Å²) in [5.74, 6) is 0.661. The van der Waals surface area contributed by atoms with Gasteiger partial charge in [0, 0.05) is 18.8 Å². The molecule has 118 valence electrons. The smallest absolute Gasteiger partial charge is 0.123 e. The molecule has 0 aromatic heterocycles. The van der Waals surface area contributed by atoms with Crippen molar-refractivity contribution in [3.8, 4) is 0 Å². The molecular weight excluding hydrogens is 263 g/mol. The molecule has 2 atom stereocenters. The van der Waals surface area contributed by atoms with Crippen LogP contribution in [0, 0.1) is 11.7 Å². The Labute approximate surface area is 128 Å². The lowest BCUT2D eigenvalue weighted by Gasteiger charge is -2.44. The van der Waals surface area contributed by atoms with Crippen molar-refractivity contribution in [2.24, 2.45) is 11.7 Å². The summed E-state index contributed by atoms with van der Waals surface area (Å²) >= 11 is 0. The van der Waals surface area contributed by atoms with Crippen LogP contribution in [0.2, 0.25) is 0 Å². The second kappa shape index (κ2) is 7.26. The third-order valence-electron chi connectivity index (χ3n) is 5.26. The second-order valence-electron chi connectivity index (χ2n) is 6.35. The number of hydrogen-bond acceptors (Lipinski definition) is 2. The molecule has 0 aliphatic heterocycles. The fourth-order valence-corrected chi connectivity index (χ4v) is 3.87. The van der Waals surface area contributed by atoms with Gasteiger partial charge in [0.2, 0.25) is 0 Å². The van der Waals surface area contributed by atoms with Gasteiger partial charge in [-0.3, -0.25) is 0 Å². The Morgan fingerprint density at radius 3 is 2.48 bits per heavy atom. The largest absolute Gasteiger partial charge is 0.365 e. The van der Waals surface area contributed by atoms with E-state index in [4.69, 9.17) is 5.73 Å². The first-order valence-corrected chi connectivity index (χ1v) is 8.38. The van der Waals surface area contributed by atoms with Crippen molar-refractivity contribution in [1.82, 2.24) is 0 Å². The van der Waals surface area contributed by atoms with Crippen molar-refractivity contribution >= 4 is 5.69 Å². The minimum absolute atomic E-state index is 0.0382. The van der Waals surface area contributed by atoms with Gasteiger partial charge in [-0.15, -0.1) is 0 Å². The van der Waals surface area contributed by atoms with E-state index >= 15 is 0 Å². The lowest BCUT2D eigenvalue weighted by atomic mass is 9.86. The zero-order valence-electron chi connectivity index (χ0n) is 13.4. The lowest BCUT2D eigenvalue weighted by Crippen LogP contribution is -2.54. The van der Waals surface area contributed by atoms with Crippen molar-refractivity contribution in [2.45, 2.75) is 57.9 Å². The Bertz CT molecular complexity index is 431. The Morgan fingerprint density at radius 2 is 1.90 bits per heavy atom. The highest BCUT2D eigenvalue weighted by atomic mass is 19.1. The van der Waals surface area contributed by atoms with Gasteiger partial charge in [-0.05, 0) is 56.4 Å².